The number of carboxylic acid groups (broad SMARTS) is 2. The summed E-state index contributed by atoms with van der Waals surface area (Å²) >= 11 is 0. The van der Waals surface area contributed by atoms with Gasteiger partial charge in [-0.15, -0.1) is 0 Å². The van der Waals surface area contributed by atoms with E-state index in [2.05, 4.69) is 16.0 Å². The van der Waals surface area contributed by atoms with Gasteiger partial charge in [0.15, 0.2) is 0 Å². The normalized spacial score (nSPS) is 16.3. The molecule has 0 aromatic carbocycles. The van der Waals surface area contributed by atoms with Gasteiger partial charge in [0.05, 0.1) is 18.6 Å². The Bertz CT molecular complexity index is 743. The number of aliphatic hydroxyl groups excluding tert-OH is 1. The number of rotatable bonds is 15. The highest BCUT2D eigenvalue weighted by atomic mass is 16.4. The van der Waals surface area contributed by atoms with Gasteiger partial charge in [0.2, 0.25) is 23.6 Å². The van der Waals surface area contributed by atoms with Crippen LogP contribution in [0.15, 0.2) is 0 Å². The molecule has 33 heavy (non-hydrogen) atoms. The molecule has 0 aliphatic heterocycles. The van der Waals surface area contributed by atoms with Crippen LogP contribution in [0.4, 0.5) is 0 Å². The Hall–Kier alpha value is -3.26. The van der Waals surface area contributed by atoms with Gasteiger partial charge < -0.3 is 42.7 Å². The summed E-state index contributed by atoms with van der Waals surface area (Å²) in [5, 5.41) is 34.5. The zero-order valence-electron chi connectivity index (χ0n) is 18.7. The zero-order valence-corrected chi connectivity index (χ0v) is 18.7. The molecule has 6 atom stereocenters. The summed E-state index contributed by atoms with van der Waals surface area (Å²) in [5.74, 6) is -6.92. The molecule has 0 saturated carbocycles. The minimum atomic E-state index is -1.61. The molecule has 0 bridgehead atoms. The summed E-state index contributed by atoms with van der Waals surface area (Å²) < 4.78 is 0. The van der Waals surface area contributed by atoms with E-state index in [-0.39, 0.29) is 6.42 Å². The Morgan fingerprint density at radius 3 is 1.85 bits per heavy atom. The number of carboxylic acids is 2. The first kappa shape index (κ1) is 29.7. The molecule has 0 radical (unpaired) electrons. The van der Waals surface area contributed by atoms with Crippen molar-refractivity contribution in [3.05, 3.63) is 0 Å². The first-order valence-corrected chi connectivity index (χ1v) is 10.3. The third-order valence-electron chi connectivity index (χ3n) is 4.88. The van der Waals surface area contributed by atoms with E-state index in [4.69, 9.17) is 16.6 Å². The second-order valence-corrected chi connectivity index (χ2v) is 7.71. The summed E-state index contributed by atoms with van der Waals surface area (Å²) in [6, 6.07) is -5.78. The molecule has 10 N–H and O–H groups in total. The van der Waals surface area contributed by atoms with Crippen LogP contribution in [-0.2, 0) is 28.8 Å². The van der Waals surface area contributed by atoms with E-state index in [1.165, 1.54) is 6.92 Å². The maximum Gasteiger partial charge on any atom is 0.326 e. The first-order chi connectivity index (χ1) is 15.2. The molecule has 14 nitrogen and oxygen atoms in total. The third-order valence-corrected chi connectivity index (χ3v) is 4.88. The predicted molar refractivity (Wildman–Crippen MR) is 113 cm³/mol. The minimum absolute atomic E-state index is 0.228. The van der Waals surface area contributed by atoms with Gasteiger partial charge in [-0.1, -0.05) is 20.3 Å². The number of nitrogens with one attached hydrogen (secondary N) is 3. The smallest absolute Gasteiger partial charge is 0.326 e. The van der Waals surface area contributed by atoms with Crippen LogP contribution < -0.4 is 27.4 Å². The quantitative estimate of drug-likeness (QED) is 0.119. The van der Waals surface area contributed by atoms with Crippen LogP contribution in [0.1, 0.15) is 46.5 Å². The Morgan fingerprint density at radius 2 is 1.42 bits per heavy atom. The van der Waals surface area contributed by atoms with Gasteiger partial charge in [-0.05, 0) is 19.3 Å². The summed E-state index contributed by atoms with van der Waals surface area (Å²) in [7, 11) is 0. The topological polar surface area (TPSA) is 251 Å². The SMILES string of the molecule is CCC(C)C(NC(=O)C(CC(N)=O)NC(=O)C(NC(=O)C(N)CCC(=O)O)C(C)O)C(=O)O. The van der Waals surface area contributed by atoms with Gasteiger partial charge in [0.1, 0.15) is 18.1 Å². The first-order valence-electron chi connectivity index (χ1n) is 10.3. The number of primary amides is 1. The fraction of sp³-hybridized carbons (Fsp3) is 0.684. The number of hydrogen-bond donors (Lipinski definition) is 8. The van der Waals surface area contributed by atoms with Crippen LogP contribution in [-0.4, -0.2) is 81.2 Å². The lowest BCUT2D eigenvalue weighted by atomic mass is 9.98. The third kappa shape index (κ3) is 10.7. The summed E-state index contributed by atoms with van der Waals surface area (Å²) in [4.78, 5) is 70.9. The van der Waals surface area contributed by atoms with E-state index in [0.717, 1.165) is 0 Å². The van der Waals surface area contributed by atoms with Crippen LogP contribution in [0.5, 0.6) is 0 Å². The van der Waals surface area contributed by atoms with Crippen molar-refractivity contribution < 1.29 is 44.1 Å². The van der Waals surface area contributed by atoms with Crippen molar-refractivity contribution in [2.75, 3.05) is 0 Å². The molecule has 0 aromatic rings. The van der Waals surface area contributed by atoms with E-state index in [0.29, 0.717) is 6.42 Å². The maximum atomic E-state index is 12.6. The van der Waals surface area contributed by atoms with Gasteiger partial charge in [0, 0.05) is 6.42 Å². The van der Waals surface area contributed by atoms with Gasteiger partial charge in [-0.3, -0.25) is 24.0 Å². The zero-order chi connectivity index (χ0) is 25.9. The van der Waals surface area contributed by atoms with Crippen LogP contribution in [0.2, 0.25) is 0 Å². The summed E-state index contributed by atoms with van der Waals surface area (Å²) in [6.45, 7) is 4.47. The lowest BCUT2D eigenvalue weighted by Crippen LogP contribution is -2.60. The number of aliphatic carboxylic acids is 2. The van der Waals surface area contributed by atoms with Gasteiger partial charge >= 0.3 is 11.9 Å². The second kappa shape index (κ2) is 14.0. The molecule has 0 saturated heterocycles. The van der Waals surface area contributed by atoms with E-state index in [1.807, 2.05) is 0 Å². The Labute approximate surface area is 190 Å². The van der Waals surface area contributed by atoms with Crippen LogP contribution in [0.25, 0.3) is 0 Å². The van der Waals surface area contributed by atoms with Crippen molar-refractivity contribution in [3.63, 3.8) is 0 Å². The highest BCUT2D eigenvalue weighted by Crippen LogP contribution is 2.09. The Morgan fingerprint density at radius 1 is 0.879 bits per heavy atom. The highest BCUT2D eigenvalue weighted by Gasteiger charge is 2.34. The Balaban J connectivity index is 5.46. The standard InChI is InChI=1S/C19H33N5O9/c1-4-8(2)14(19(32)33)23-17(30)11(7-12(21)26)22-18(31)15(9(3)25)24-16(29)10(20)5-6-13(27)28/h8-11,14-15,25H,4-7,20H2,1-3H3,(H2,21,26)(H,22,31)(H,23,30)(H,24,29)(H,27,28)(H,32,33). The number of hydrogen-bond acceptors (Lipinski definition) is 8. The van der Waals surface area contributed by atoms with Gasteiger partial charge in [-0.25, -0.2) is 4.79 Å². The highest BCUT2D eigenvalue weighted by molar-refractivity contribution is 5.96. The number of nitrogens with two attached hydrogens (primary N) is 2. The molecule has 0 aliphatic rings. The molecular formula is C19H33N5O9. The maximum absolute atomic E-state index is 12.6. The number of aliphatic hydroxyl groups is 1. The number of amides is 4. The minimum Gasteiger partial charge on any atom is -0.481 e. The molecule has 0 aromatic heterocycles. The lowest BCUT2D eigenvalue weighted by molar-refractivity contribution is -0.144. The van der Waals surface area contributed by atoms with Crippen molar-refractivity contribution in [1.82, 2.24) is 16.0 Å². The van der Waals surface area contributed by atoms with Crippen molar-refractivity contribution in [2.45, 2.75) is 76.7 Å². The largest absolute Gasteiger partial charge is 0.481 e. The molecule has 0 fully saturated rings. The van der Waals surface area contributed by atoms with Gasteiger partial charge in [-0.2, -0.15) is 0 Å². The Kier molecular flexibility index (Phi) is 12.6. The molecule has 188 valence electrons. The van der Waals surface area contributed by atoms with Crippen LogP contribution in [0, 0.1) is 5.92 Å². The van der Waals surface area contributed by atoms with Crippen LogP contribution in [0.3, 0.4) is 0 Å². The second-order valence-electron chi connectivity index (χ2n) is 7.71. The fourth-order valence-electron chi connectivity index (χ4n) is 2.68. The fourth-order valence-corrected chi connectivity index (χ4v) is 2.68. The molecule has 0 spiro atoms. The summed E-state index contributed by atoms with van der Waals surface area (Å²) in [6.07, 6.45) is -2.36. The molecule has 0 heterocycles. The average molecular weight is 475 g/mol. The number of carbonyl (C=O) groups is 6. The van der Waals surface area contributed by atoms with Crippen molar-refractivity contribution in [2.24, 2.45) is 17.4 Å². The molecule has 0 rings (SSSR count). The molecule has 0 aliphatic carbocycles. The summed E-state index contributed by atoms with van der Waals surface area (Å²) in [5.41, 5.74) is 10.7. The van der Waals surface area contributed by atoms with E-state index >= 15 is 0 Å². The van der Waals surface area contributed by atoms with E-state index in [9.17, 15) is 39.0 Å². The number of carbonyl (C=O) groups excluding carboxylic acids is 4. The molecule has 14 heteroatoms. The van der Waals surface area contributed by atoms with Crippen molar-refractivity contribution >= 4 is 35.6 Å². The average Bonchev–Trinajstić information content (AvgIpc) is 2.71. The molecule has 4 amide bonds. The van der Waals surface area contributed by atoms with Crippen molar-refractivity contribution in [1.29, 1.82) is 0 Å². The predicted octanol–water partition coefficient (Wildman–Crippen LogP) is -2.98. The van der Waals surface area contributed by atoms with Gasteiger partial charge in [0.25, 0.3) is 0 Å². The van der Waals surface area contributed by atoms with E-state index in [1.54, 1.807) is 13.8 Å². The van der Waals surface area contributed by atoms with Crippen LogP contribution >= 0.6 is 0 Å². The van der Waals surface area contributed by atoms with E-state index < -0.39 is 84.6 Å². The van der Waals surface area contributed by atoms with Crippen molar-refractivity contribution in [3.8, 4) is 0 Å². The monoisotopic (exact) mass is 475 g/mol. The molecule has 6 unspecified atom stereocenters. The lowest BCUT2D eigenvalue weighted by Gasteiger charge is -2.27. The molecular weight excluding hydrogens is 442 g/mol.